The quantitative estimate of drug-likeness (QED) is 0.600. The van der Waals surface area contributed by atoms with Gasteiger partial charge in [0.15, 0.2) is 0 Å². The highest BCUT2D eigenvalue weighted by Gasteiger charge is 2.30. The smallest absolute Gasteiger partial charge is 0.0917 e. The van der Waals surface area contributed by atoms with Crippen LogP contribution >= 0.6 is 0 Å². The van der Waals surface area contributed by atoms with Gasteiger partial charge in [-0.25, -0.2) is 0 Å². The van der Waals surface area contributed by atoms with Crippen molar-refractivity contribution in [3.8, 4) is 0 Å². The zero-order chi connectivity index (χ0) is 13.3. The Hall–Kier alpha value is -0.0831. The molecule has 1 aliphatic rings. The molecule has 0 aromatic rings. The maximum absolute atomic E-state index is 2.80. The van der Waals surface area contributed by atoms with Gasteiger partial charge in [-0.1, -0.05) is 63.4 Å². The lowest BCUT2D eigenvalue weighted by molar-refractivity contribution is 0.324. The first-order valence-electron chi connectivity index (χ1n) is 8.12. The molecule has 0 N–H and O–H groups in total. The van der Waals surface area contributed by atoms with E-state index in [4.69, 9.17) is 0 Å². The third-order valence-corrected chi connectivity index (χ3v) is 9.36. The summed E-state index contributed by atoms with van der Waals surface area (Å²) in [5.74, 6) is 0. The summed E-state index contributed by atoms with van der Waals surface area (Å²) in [4.78, 5) is 2.80. The summed E-state index contributed by atoms with van der Waals surface area (Å²) in [6, 6.07) is 2.98. The average Bonchev–Trinajstić information content (AvgIpc) is 2.58. The van der Waals surface area contributed by atoms with E-state index in [0.29, 0.717) is 0 Å². The van der Waals surface area contributed by atoms with Crippen molar-refractivity contribution < 1.29 is 0 Å². The Morgan fingerprint density at radius 2 is 1.50 bits per heavy atom. The predicted molar refractivity (Wildman–Crippen MR) is 85.7 cm³/mol. The first-order chi connectivity index (χ1) is 8.76. The largest absolute Gasteiger partial charge is 0.306 e. The molecule has 0 aromatic carbocycles. The van der Waals surface area contributed by atoms with Crippen molar-refractivity contribution in [2.24, 2.45) is 0 Å². The Labute approximate surface area is 116 Å². The van der Waals surface area contributed by atoms with Crippen molar-refractivity contribution in [3.63, 3.8) is 0 Å². The Bertz CT molecular complexity index is 223. The summed E-state index contributed by atoms with van der Waals surface area (Å²) in [6.45, 7) is 9.67. The van der Waals surface area contributed by atoms with E-state index in [2.05, 4.69) is 37.4 Å². The van der Waals surface area contributed by atoms with E-state index in [9.17, 15) is 0 Å². The van der Waals surface area contributed by atoms with Crippen molar-refractivity contribution in [1.82, 2.24) is 4.90 Å². The van der Waals surface area contributed by atoms with Crippen LogP contribution in [0.15, 0.2) is 11.8 Å². The second-order valence-electron chi connectivity index (χ2n) is 6.05. The third-order valence-electron chi connectivity index (χ3n) is 4.25. The SMILES string of the molecule is CC=C[Si](CCC)(CCC)CN1CCCCCC1. The summed E-state index contributed by atoms with van der Waals surface area (Å²) in [5.41, 5.74) is 2.64. The Morgan fingerprint density at radius 1 is 0.944 bits per heavy atom. The van der Waals surface area contributed by atoms with Crippen LogP contribution in [0.1, 0.15) is 59.3 Å². The van der Waals surface area contributed by atoms with Crippen molar-refractivity contribution in [2.45, 2.75) is 71.4 Å². The molecule has 106 valence electrons. The molecule has 0 spiro atoms. The molecular weight excluding hydrogens is 234 g/mol. The maximum atomic E-state index is 2.80. The molecule has 0 amide bonds. The highest BCUT2D eigenvalue weighted by atomic mass is 28.3. The topological polar surface area (TPSA) is 3.24 Å². The minimum absolute atomic E-state index is 1.16. The minimum Gasteiger partial charge on any atom is -0.306 e. The number of rotatable bonds is 7. The van der Waals surface area contributed by atoms with Crippen LogP contribution in [-0.2, 0) is 0 Å². The van der Waals surface area contributed by atoms with Gasteiger partial charge < -0.3 is 4.90 Å². The third kappa shape index (κ3) is 5.27. The average molecular weight is 268 g/mol. The summed E-state index contributed by atoms with van der Waals surface area (Å²) in [6.07, 6.45) is 12.3. The number of nitrogens with zero attached hydrogens (tertiary/aromatic N) is 1. The molecule has 1 saturated heterocycles. The highest BCUT2D eigenvalue weighted by molar-refractivity contribution is 6.84. The monoisotopic (exact) mass is 267 g/mol. The molecule has 0 bridgehead atoms. The fourth-order valence-corrected chi connectivity index (χ4v) is 8.50. The van der Waals surface area contributed by atoms with E-state index in [1.807, 2.05) is 0 Å². The van der Waals surface area contributed by atoms with Gasteiger partial charge in [0.2, 0.25) is 0 Å². The van der Waals surface area contributed by atoms with Gasteiger partial charge in [0.1, 0.15) is 0 Å². The molecule has 0 aromatic heterocycles. The van der Waals surface area contributed by atoms with Crippen molar-refractivity contribution >= 4 is 8.07 Å². The van der Waals surface area contributed by atoms with Crippen molar-refractivity contribution in [2.75, 3.05) is 19.3 Å². The molecule has 1 aliphatic heterocycles. The van der Waals surface area contributed by atoms with Crippen LogP contribution in [0.4, 0.5) is 0 Å². The van der Waals surface area contributed by atoms with E-state index in [1.54, 1.807) is 0 Å². The van der Waals surface area contributed by atoms with E-state index in [1.165, 1.54) is 69.9 Å². The Morgan fingerprint density at radius 3 is 1.94 bits per heavy atom. The highest BCUT2D eigenvalue weighted by Crippen LogP contribution is 2.24. The van der Waals surface area contributed by atoms with Crippen LogP contribution in [0.2, 0.25) is 12.1 Å². The molecule has 0 unspecified atom stereocenters. The van der Waals surface area contributed by atoms with Crippen LogP contribution in [0.5, 0.6) is 0 Å². The van der Waals surface area contributed by atoms with Gasteiger partial charge in [-0.2, -0.15) is 0 Å². The fourth-order valence-electron chi connectivity index (χ4n) is 3.59. The normalized spacial score (nSPS) is 19.3. The first-order valence-corrected chi connectivity index (χ1v) is 10.8. The molecule has 0 radical (unpaired) electrons. The second kappa shape index (κ2) is 8.92. The van der Waals surface area contributed by atoms with Gasteiger partial charge in [-0.05, 0) is 39.0 Å². The second-order valence-corrected chi connectivity index (χ2v) is 10.4. The molecule has 1 heterocycles. The lowest BCUT2D eigenvalue weighted by atomic mass is 10.2. The van der Waals surface area contributed by atoms with Gasteiger partial charge in [-0.3, -0.25) is 0 Å². The molecular formula is C16H33NSi. The van der Waals surface area contributed by atoms with Crippen LogP contribution in [0.3, 0.4) is 0 Å². The molecule has 2 heteroatoms. The number of allylic oxidation sites excluding steroid dienone is 1. The van der Waals surface area contributed by atoms with E-state index < -0.39 is 8.07 Å². The van der Waals surface area contributed by atoms with Crippen molar-refractivity contribution in [3.05, 3.63) is 11.8 Å². The zero-order valence-corrected chi connectivity index (χ0v) is 13.9. The molecule has 0 saturated carbocycles. The molecule has 18 heavy (non-hydrogen) atoms. The summed E-state index contributed by atoms with van der Waals surface area (Å²) in [7, 11) is -1.16. The number of hydrogen-bond donors (Lipinski definition) is 0. The van der Waals surface area contributed by atoms with Gasteiger partial charge >= 0.3 is 0 Å². The minimum atomic E-state index is -1.16. The zero-order valence-electron chi connectivity index (χ0n) is 12.9. The Kier molecular flexibility index (Phi) is 7.92. The van der Waals surface area contributed by atoms with Crippen LogP contribution in [-0.4, -0.2) is 32.2 Å². The van der Waals surface area contributed by atoms with Crippen LogP contribution in [0.25, 0.3) is 0 Å². The summed E-state index contributed by atoms with van der Waals surface area (Å²) in [5, 5.41) is 0. The maximum Gasteiger partial charge on any atom is 0.0917 e. The summed E-state index contributed by atoms with van der Waals surface area (Å²) >= 11 is 0. The van der Waals surface area contributed by atoms with Gasteiger partial charge in [-0.15, -0.1) is 0 Å². The van der Waals surface area contributed by atoms with Gasteiger partial charge in [0.05, 0.1) is 8.07 Å². The van der Waals surface area contributed by atoms with E-state index in [0.717, 1.165) is 0 Å². The first kappa shape index (κ1) is 16.0. The Balaban J connectivity index is 2.67. The number of likely N-dealkylation sites (tertiary alicyclic amines) is 1. The standard InChI is InChI=1S/C16H33NSi/c1-4-13-18(14-5-2,15-6-3)16-17-11-9-7-8-10-12-17/h4,13H,5-12,14-16H2,1-3H3. The summed E-state index contributed by atoms with van der Waals surface area (Å²) < 4.78 is 0. The number of hydrogen-bond acceptors (Lipinski definition) is 1. The lowest BCUT2D eigenvalue weighted by Crippen LogP contribution is -2.46. The fraction of sp³-hybridized carbons (Fsp3) is 0.875. The van der Waals surface area contributed by atoms with Gasteiger partial charge in [0, 0.05) is 0 Å². The van der Waals surface area contributed by atoms with E-state index >= 15 is 0 Å². The molecule has 1 fully saturated rings. The molecule has 1 nitrogen and oxygen atoms in total. The predicted octanol–water partition coefficient (Wildman–Crippen LogP) is 4.79. The van der Waals surface area contributed by atoms with Crippen molar-refractivity contribution in [1.29, 1.82) is 0 Å². The molecule has 0 atom stereocenters. The van der Waals surface area contributed by atoms with Crippen LogP contribution < -0.4 is 0 Å². The molecule has 0 aliphatic carbocycles. The van der Waals surface area contributed by atoms with Crippen LogP contribution in [0, 0.1) is 0 Å². The lowest BCUT2D eigenvalue weighted by Gasteiger charge is -2.34. The van der Waals surface area contributed by atoms with E-state index in [-0.39, 0.29) is 0 Å². The molecule has 1 rings (SSSR count). The van der Waals surface area contributed by atoms with Gasteiger partial charge in [0.25, 0.3) is 0 Å².